The number of thiazole rings is 1. The fourth-order valence-corrected chi connectivity index (χ4v) is 1.88. The molecule has 0 aliphatic rings. The summed E-state index contributed by atoms with van der Waals surface area (Å²) < 4.78 is 5.37. The highest BCUT2D eigenvalue weighted by Crippen LogP contribution is 2.12. The molecule has 0 atom stereocenters. The minimum Gasteiger partial charge on any atom is -0.444 e. The number of carbonyl (C=O) groups excluding carboxylic acids is 1. The summed E-state index contributed by atoms with van der Waals surface area (Å²) in [5.74, 6) is 1.86. The van der Waals surface area contributed by atoms with Crippen LogP contribution >= 0.6 is 11.3 Å². The van der Waals surface area contributed by atoms with Crippen LogP contribution in [0, 0.1) is 6.92 Å². The van der Waals surface area contributed by atoms with E-state index in [9.17, 15) is 4.79 Å². The molecule has 0 aliphatic heterocycles. The Kier molecular flexibility index (Phi) is 3.93. The number of urea groups is 1. The van der Waals surface area contributed by atoms with Gasteiger partial charge in [0.05, 0.1) is 17.7 Å². The fraction of sp³-hybridized carbons (Fsp3) is 0.364. The van der Waals surface area contributed by atoms with Gasteiger partial charge in [-0.1, -0.05) is 6.92 Å². The Morgan fingerprint density at radius 1 is 1.56 bits per heavy atom. The number of aromatic nitrogens is 2. The second-order valence-corrected chi connectivity index (χ2v) is 4.70. The van der Waals surface area contributed by atoms with Gasteiger partial charge in [0, 0.05) is 11.8 Å². The first-order valence-electron chi connectivity index (χ1n) is 5.58. The molecule has 2 N–H and O–H groups in total. The second kappa shape index (κ2) is 5.63. The Labute approximate surface area is 108 Å². The molecule has 0 spiro atoms. The number of hydrogen-bond acceptors (Lipinski definition) is 5. The molecule has 0 bridgehead atoms. The van der Waals surface area contributed by atoms with Crippen LogP contribution in [0.2, 0.25) is 0 Å². The summed E-state index contributed by atoms with van der Waals surface area (Å²) in [4.78, 5) is 19.7. The lowest BCUT2D eigenvalue weighted by Gasteiger charge is -2.02. The van der Waals surface area contributed by atoms with Gasteiger partial charge in [-0.05, 0) is 6.92 Å². The molecule has 2 heterocycles. The predicted molar refractivity (Wildman–Crippen MR) is 68.6 cm³/mol. The Bertz CT molecular complexity index is 535. The van der Waals surface area contributed by atoms with Crippen LogP contribution in [0.3, 0.4) is 0 Å². The molecule has 0 aliphatic carbocycles. The van der Waals surface area contributed by atoms with Gasteiger partial charge in [0.25, 0.3) is 0 Å². The van der Waals surface area contributed by atoms with Crippen LogP contribution in [-0.4, -0.2) is 16.0 Å². The third kappa shape index (κ3) is 3.30. The van der Waals surface area contributed by atoms with Gasteiger partial charge in [-0.2, -0.15) is 0 Å². The maximum absolute atomic E-state index is 11.5. The van der Waals surface area contributed by atoms with Crippen molar-refractivity contribution in [2.75, 3.05) is 5.32 Å². The third-order valence-electron chi connectivity index (χ3n) is 2.21. The fourth-order valence-electron chi connectivity index (χ4n) is 1.33. The summed E-state index contributed by atoms with van der Waals surface area (Å²) in [5, 5.41) is 7.98. The molecule has 7 heteroatoms. The van der Waals surface area contributed by atoms with Crippen molar-refractivity contribution in [2.24, 2.45) is 0 Å². The van der Waals surface area contributed by atoms with E-state index in [1.807, 2.05) is 13.8 Å². The van der Waals surface area contributed by atoms with Gasteiger partial charge in [-0.15, -0.1) is 11.3 Å². The first-order valence-corrected chi connectivity index (χ1v) is 6.46. The first-order chi connectivity index (χ1) is 8.67. The van der Waals surface area contributed by atoms with Gasteiger partial charge in [0.15, 0.2) is 0 Å². The summed E-state index contributed by atoms with van der Waals surface area (Å²) >= 11 is 1.48. The van der Waals surface area contributed by atoms with Gasteiger partial charge in [0.1, 0.15) is 11.6 Å². The van der Waals surface area contributed by atoms with Crippen LogP contribution < -0.4 is 10.6 Å². The molecule has 0 saturated heterocycles. The molecule has 0 unspecified atom stereocenters. The average molecular weight is 266 g/mol. The number of aryl methyl sites for hydroxylation is 2. The van der Waals surface area contributed by atoms with Crippen LogP contribution in [0.25, 0.3) is 0 Å². The van der Waals surface area contributed by atoms with E-state index in [0.717, 1.165) is 17.2 Å². The molecule has 2 amide bonds. The molecule has 2 aromatic rings. The highest BCUT2D eigenvalue weighted by Gasteiger charge is 2.07. The van der Waals surface area contributed by atoms with Crippen LogP contribution in [0.4, 0.5) is 10.6 Å². The lowest BCUT2D eigenvalue weighted by Crippen LogP contribution is -2.28. The molecule has 0 radical (unpaired) electrons. The second-order valence-electron chi connectivity index (χ2n) is 3.63. The zero-order chi connectivity index (χ0) is 13.0. The summed E-state index contributed by atoms with van der Waals surface area (Å²) in [6, 6.07) is -0.323. The zero-order valence-corrected chi connectivity index (χ0v) is 11.0. The van der Waals surface area contributed by atoms with Crippen molar-refractivity contribution >= 4 is 23.2 Å². The lowest BCUT2D eigenvalue weighted by molar-refractivity contribution is 0.250. The van der Waals surface area contributed by atoms with E-state index in [0.29, 0.717) is 11.7 Å². The smallest absolute Gasteiger partial charge is 0.320 e. The number of hydrogen-bond donors (Lipinski definition) is 2. The topological polar surface area (TPSA) is 80.0 Å². The molecule has 96 valence electrons. The number of amides is 2. The molecule has 18 heavy (non-hydrogen) atoms. The number of rotatable bonds is 4. The summed E-state index contributed by atoms with van der Waals surface area (Å²) in [6.45, 7) is 4.12. The van der Waals surface area contributed by atoms with E-state index >= 15 is 0 Å². The Morgan fingerprint density at radius 2 is 2.39 bits per heavy atom. The predicted octanol–water partition coefficient (Wildman–Crippen LogP) is 2.32. The molecule has 6 nitrogen and oxygen atoms in total. The highest BCUT2D eigenvalue weighted by molar-refractivity contribution is 7.09. The monoisotopic (exact) mass is 266 g/mol. The maximum Gasteiger partial charge on any atom is 0.320 e. The molecule has 0 aromatic carbocycles. The van der Waals surface area contributed by atoms with Crippen molar-refractivity contribution in [3.05, 3.63) is 28.2 Å². The van der Waals surface area contributed by atoms with E-state index in [4.69, 9.17) is 4.42 Å². The minimum atomic E-state index is -0.323. The van der Waals surface area contributed by atoms with Crippen molar-refractivity contribution in [2.45, 2.75) is 26.8 Å². The third-order valence-corrected chi connectivity index (χ3v) is 2.98. The van der Waals surface area contributed by atoms with E-state index < -0.39 is 0 Å². The van der Waals surface area contributed by atoms with Crippen LogP contribution in [0.15, 0.2) is 16.0 Å². The van der Waals surface area contributed by atoms with Gasteiger partial charge < -0.3 is 9.73 Å². The van der Waals surface area contributed by atoms with E-state index in [1.165, 1.54) is 11.3 Å². The van der Waals surface area contributed by atoms with Gasteiger partial charge in [0.2, 0.25) is 5.89 Å². The normalized spacial score (nSPS) is 10.3. The van der Waals surface area contributed by atoms with Crippen LogP contribution in [-0.2, 0) is 13.0 Å². The lowest BCUT2D eigenvalue weighted by atomic mass is 10.4. The number of anilines is 1. The highest BCUT2D eigenvalue weighted by atomic mass is 32.1. The SMILES string of the molecule is CCc1cnc(CNC(=O)Nc2csc(C)n2)o1. The maximum atomic E-state index is 11.5. The van der Waals surface area contributed by atoms with E-state index in [1.54, 1.807) is 11.6 Å². The summed E-state index contributed by atoms with van der Waals surface area (Å²) in [6.07, 6.45) is 2.45. The van der Waals surface area contributed by atoms with E-state index in [2.05, 4.69) is 20.6 Å². The van der Waals surface area contributed by atoms with Gasteiger partial charge in [-0.3, -0.25) is 5.32 Å². The molecule has 2 aromatic heterocycles. The van der Waals surface area contributed by atoms with Gasteiger partial charge >= 0.3 is 6.03 Å². The number of nitrogens with one attached hydrogen (secondary N) is 2. The number of carbonyl (C=O) groups is 1. The van der Waals surface area contributed by atoms with Crippen molar-refractivity contribution < 1.29 is 9.21 Å². The molecular weight excluding hydrogens is 252 g/mol. The Balaban J connectivity index is 1.81. The molecule has 0 saturated carbocycles. The number of nitrogens with zero attached hydrogens (tertiary/aromatic N) is 2. The van der Waals surface area contributed by atoms with E-state index in [-0.39, 0.29) is 12.6 Å². The number of oxazole rings is 1. The Hall–Kier alpha value is -1.89. The average Bonchev–Trinajstić information content (AvgIpc) is 2.95. The first kappa shape index (κ1) is 12.6. The summed E-state index contributed by atoms with van der Waals surface area (Å²) in [7, 11) is 0. The standard InChI is InChI=1S/C11H14N4O2S/c1-3-8-4-12-10(17-8)5-13-11(16)15-9-6-18-7(2)14-9/h4,6H,3,5H2,1-2H3,(H2,13,15,16). The van der Waals surface area contributed by atoms with Crippen molar-refractivity contribution in [1.82, 2.24) is 15.3 Å². The molecule has 0 fully saturated rings. The Morgan fingerprint density at radius 3 is 3.00 bits per heavy atom. The zero-order valence-electron chi connectivity index (χ0n) is 10.2. The molecule has 2 rings (SSSR count). The molecular formula is C11H14N4O2S. The van der Waals surface area contributed by atoms with Crippen molar-refractivity contribution in [3.8, 4) is 0 Å². The van der Waals surface area contributed by atoms with Gasteiger partial charge in [-0.25, -0.2) is 14.8 Å². The van der Waals surface area contributed by atoms with Crippen molar-refractivity contribution in [1.29, 1.82) is 0 Å². The minimum absolute atomic E-state index is 0.259. The van der Waals surface area contributed by atoms with Crippen LogP contribution in [0.5, 0.6) is 0 Å². The van der Waals surface area contributed by atoms with Crippen LogP contribution in [0.1, 0.15) is 23.6 Å². The largest absolute Gasteiger partial charge is 0.444 e. The summed E-state index contributed by atoms with van der Waals surface area (Å²) in [5.41, 5.74) is 0. The van der Waals surface area contributed by atoms with Crippen molar-refractivity contribution in [3.63, 3.8) is 0 Å². The quantitative estimate of drug-likeness (QED) is 0.890.